The summed E-state index contributed by atoms with van der Waals surface area (Å²) in [6.45, 7) is 1.59. The van der Waals surface area contributed by atoms with Crippen LogP contribution in [0.25, 0.3) is 11.2 Å². The predicted molar refractivity (Wildman–Crippen MR) is 108 cm³/mol. The van der Waals surface area contributed by atoms with E-state index in [4.69, 9.17) is 16.7 Å². The molecular weight excluding hydrogens is 400 g/mol. The molecule has 3 aromatic rings. The number of aliphatic carboxylic acids is 1. The smallest absolute Gasteiger partial charge is 0.332 e. The van der Waals surface area contributed by atoms with Crippen LogP contribution in [0.15, 0.2) is 39.0 Å². The number of hydrazone groups is 1. The lowest BCUT2D eigenvalue weighted by Crippen LogP contribution is -2.40. The molecule has 11 heteroatoms. The maximum absolute atomic E-state index is 13.3. The molecule has 29 heavy (non-hydrogen) atoms. The van der Waals surface area contributed by atoms with Crippen molar-refractivity contribution in [2.45, 2.75) is 20.0 Å². The van der Waals surface area contributed by atoms with Crippen LogP contribution >= 0.6 is 11.6 Å². The molecule has 0 saturated carbocycles. The topological polar surface area (TPSA) is 115 Å². The van der Waals surface area contributed by atoms with Crippen LogP contribution in [0.1, 0.15) is 12.5 Å². The van der Waals surface area contributed by atoms with Crippen molar-refractivity contribution < 1.29 is 9.90 Å². The Bertz CT molecular complexity index is 1300. The Hall–Kier alpha value is -3.40. The van der Waals surface area contributed by atoms with Crippen molar-refractivity contribution in [1.29, 1.82) is 0 Å². The van der Waals surface area contributed by atoms with Crippen LogP contribution in [-0.2, 0) is 24.9 Å². The molecule has 1 aliphatic heterocycles. The molecule has 4 rings (SSSR count). The van der Waals surface area contributed by atoms with Crippen LogP contribution < -0.4 is 16.3 Å². The molecule has 1 aromatic carbocycles. The van der Waals surface area contributed by atoms with Crippen LogP contribution in [0, 0.1) is 0 Å². The zero-order valence-corrected chi connectivity index (χ0v) is 16.4. The number of imidazole rings is 1. The Morgan fingerprint density at radius 2 is 2.00 bits per heavy atom. The maximum atomic E-state index is 13.3. The highest BCUT2D eigenvalue weighted by atomic mass is 35.5. The van der Waals surface area contributed by atoms with Gasteiger partial charge in [-0.15, -0.1) is 0 Å². The molecule has 0 spiro atoms. The van der Waals surface area contributed by atoms with Crippen molar-refractivity contribution in [2.24, 2.45) is 12.1 Å². The summed E-state index contributed by atoms with van der Waals surface area (Å²) >= 11 is 6.20. The number of hydrogen-bond donors (Lipinski definition) is 1. The van der Waals surface area contributed by atoms with Gasteiger partial charge in [-0.1, -0.05) is 29.8 Å². The summed E-state index contributed by atoms with van der Waals surface area (Å²) in [6.07, 6.45) is 0. The Labute approximate surface area is 168 Å². The van der Waals surface area contributed by atoms with Crippen LogP contribution in [0.4, 0.5) is 5.95 Å². The van der Waals surface area contributed by atoms with E-state index in [1.165, 1.54) is 16.6 Å². The Morgan fingerprint density at radius 3 is 2.69 bits per heavy atom. The summed E-state index contributed by atoms with van der Waals surface area (Å²) in [5.41, 5.74) is 0.567. The maximum Gasteiger partial charge on any atom is 0.332 e. The van der Waals surface area contributed by atoms with E-state index in [-0.39, 0.29) is 30.2 Å². The van der Waals surface area contributed by atoms with Crippen LogP contribution in [0.3, 0.4) is 0 Å². The molecule has 2 aromatic heterocycles. The van der Waals surface area contributed by atoms with Crippen molar-refractivity contribution in [3.8, 4) is 0 Å². The third kappa shape index (κ3) is 3.11. The Kier molecular flexibility index (Phi) is 4.50. The van der Waals surface area contributed by atoms with Crippen LogP contribution in [0.5, 0.6) is 0 Å². The first kappa shape index (κ1) is 18.9. The number of nitrogens with zero attached hydrogens (tertiary/aromatic N) is 6. The van der Waals surface area contributed by atoms with Crippen molar-refractivity contribution in [1.82, 2.24) is 18.7 Å². The number of aryl methyl sites for hydroxylation is 1. The van der Waals surface area contributed by atoms with Gasteiger partial charge in [0.2, 0.25) is 5.95 Å². The number of carboxylic acids is 1. The molecule has 1 aliphatic rings. The minimum Gasteiger partial charge on any atom is -0.480 e. The van der Waals surface area contributed by atoms with Gasteiger partial charge in [0.15, 0.2) is 11.2 Å². The van der Waals surface area contributed by atoms with Crippen LogP contribution in [0.2, 0.25) is 5.02 Å². The number of aromatic nitrogens is 4. The predicted octanol–water partition coefficient (Wildman–Crippen LogP) is 0.879. The lowest BCUT2D eigenvalue weighted by molar-refractivity contribution is -0.135. The fourth-order valence-electron chi connectivity index (χ4n) is 3.39. The van der Waals surface area contributed by atoms with Crippen molar-refractivity contribution in [3.05, 3.63) is 55.7 Å². The molecule has 1 N–H and O–H groups in total. The molecular formula is C18H17ClN6O4. The molecule has 0 unspecified atom stereocenters. The second-order valence-corrected chi connectivity index (χ2v) is 7.19. The van der Waals surface area contributed by atoms with E-state index in [0.717, 1.165) is 4.57 Å². The van der Waals surface area contributed by atoms with Gasteiger partial charge < -0.3 is 5.11 Å². The minimum atomic E-state index is -1.09. The molecule has 0 saturated heterocycles. The number of carboxylic acid groups (broad SMARTS) is 1. The standard InChI is InChI=1S/C18H17ClN6O4/c1-10-7-23-14-15(20-17(23)25(21-10)9-13(26)27)22(2)18(29)24(16(14)28)8-11-5-3-4-6-12(11)19/h3-6H,7-9H2,1-2H3,(H,26,27). The normalized spacial score (nSPS) is 13.5. The molecule has 0 atom stereocenters. The average Bonchev–Trinajstić information content (AvgIpc) is 3.04. The lowest BCUT2D eigenvalue weighted by Gasteiger charge is -2.23. The monoisotopic (exact) mass is 416 g/mol. The number of benzene rings is 1. The second kappa shape index (κ2) is 6.89. The fourth-order valence-corrected chi connectivity index (χ4v) is 3.58. The highest BCUT2D eigenvalue weighted by Crippen LogP contribution is 2.23. The van der Waals surface area contributed by atoms with E-state index < -0.39 is 23.8 Å². The van der Waals surface area contributed by atoms with E-state index >= 15 is 0 Å². The molecule has 0 aliphatic carbocycles. The second-order valence-electron chi connectivity index (χ2n) is 6.78. The highest BCUT2D eigenvalue weighted by Gasteiger charge is 2.27. The summed E-state index contributed by atoms with van der Waals surface area (Å²) in [5, 5.41) is 15.0. The molecule has 0 amide bonds. The fraction of sp³-hybridized carbons (Fsp3) is 0.278. The SMILES string of the molecule is CC1=NN(CC(=O)O)c2nc3c(c(=O)n(Cc4ccccc4Cl)c(=O)n3C)n2C1. The summed E-state index contributed by atoms with van der Waals surface area (Å²) in [6, 6.07) is 6.98. The number of hydrogen-bond acceptors (Lipinski definition) is 6. The van der Waals surface area contributed by atoms with Crippen molar-refractivity contribution >= 4 is 40.4 Å². The summed E-state index contributed by atoms with van der Waals surface area (Å²) in [4.78, 5) is 41.7. The molecule has 3 heterocycles. The first-order valence-electron chi connectivity index (χ1n) is 8.74. The Balaban J connectivity index is 1.95. The first-order chi connectivity index (χ1) is 13.8. The highest BCUT2D eigenvalue weighted by molar-refractivity contribution is 6.31. The first-order valence-corrected chi connectivity index (χ1v) is 9.12. The van der Waals surface area contributed by atoms with Gasteiger partial charge in [0.1, 0.15) is 6.54 Å². The largest absolute Gasteiger partial charge is 0.480 e. The zero-order valence-electron chi connectivity index (χ0n) is 15.7. The number of fused-ring (bicyclic) bond motifs is 3. The average molecular weight is 417 g/mol. The van der Waals surface area contributed by atoms with Crippen LogP contribution in [-0.4, -0.2) is 42.0 Å². The van der Waals surface area contributed by atoms with Gasteiger partial charge >= 0.3 is 11.7 Å². The quantitative estimate of drug-likeness (QED) is 0.675. The van der Waals surface area contributed by atoms with E-state index in [1.54, 1.807) is 35.8 Å². The van der Waals surface area contributed by atoms with E-state index in [0.29, 0.717) is 16.3 Å². The number of anilines is 1. The van der Waals surface area contributed by atoms with Crippen molar-refractivity contribution in [3.63, 3.8) is 0 Å². The summed E-state index contributed by atoms with van der Waals surface area (Å²) < 4.78 is 3.96. The molecule has 10 nitrogen and oxygen atoms in total. The van der Waals surface area contributed by atoms with Gasteiger partial charge in [0.25, 0.3) is 5.56 Å². The zero-order chi connectivity index (χ0) is 20.9. The summed E-state index contributed by atoms with van der Waals surface area (Å²) in [7, 11) is 1.52. The van der Waals surface area contributed by atoms with Gasteiger partial charge in [-0.3, -0.25) is 23.3 Å². The molecule has 0 fully saturated rings. The number of carbonyl (C=O) groups is 1. The number of rotatable bonds is 4. The summed E-state index contributed by atoms with van der Waals surface area (Å²) in [5.74, 6) is -0.886. The molecule has 0 radical (unpaired) electrons. The molecule has 0 bridgehead atoms. The van der Waals surface area contributed by atoms with E-state index in [9.17, 15) is 14.4 Å². The Morgan fingerprint density at radius 1 is 1.28 bits per heavy atom. The minimum absolute atomic E-state index is 0.00749. The number of halogens is 1. The third-order valence-electron chi connectivity index (χ3n) is 4.69. The van der Waals surface area contributed by atoms with E-state index in [1.807, 2.05) is 0 Å². The van der Waals surface area contributed by atoms with Gasteiger partial charge in [0.05, 0.1) is 18.8 Å². The van der Waals surface area contributed by atoms with Crippen molar-refractivity contribution in [2.75, 3.05) is 11.6 Å². The van der Waals surface area contributed by atoms with Gasteiger partial charge in [-0.05, 0) is 18.6 Å². The van der Waals surface area contributed by atoms with Gasteiger partial charge in [-0.25, -0.2) is 9.80 Å². The van der Waals surface area contributed by atoms with Gasteiger partial charge in [0, 0.05) is 12.1 Å². The van der Waals surface area contributed by atoms with E-state index in [2.05, 4.69) is 10.1 Å². The van der Waals surface area contributed by atoms with Gasteiger partial charge in [-0.2, -0.15) is 10.1 Å². The third-order valence-corrected chi connectivity index (χ3v) is 5.06. The molecule has 150 valence electrons. The lowest BCUT2D eigenvalue weighted by atomic mass is 10.2.